The van der Waals surface area contributed by atoms with E-state index in [1.807, 2.05) is 13.1 Å². The number of nitriles is 1. The summed E-state index contributed by atoms with van der Waals surface area (Å²) in [6.45, 7) is 4.39. The van der Waals surface area contributed by atoms with Crippen molar-refractivity contribution >= 4 is 0 Å². The zero-order chi connectivity index (χ0) is 13.7. The van der Waals surface area contributed by atoms with Crippen LogP contribution in [0.2, 0.25) is 0 Å². The molecule has 19 heavy (non-hydrogen) atoms. The molecule has 1 atom stereocenters. The van der Waals surface area contributed by atoms with Gasteiger partial charge in [-0.05, 0) is 32.4 Å². The van der Waals surface area contributed by atoms with Gasteiger partial charge < -0.3 is 5.32 Å². The predicted molar refractivity (Wildman–Crippen MR) is 77.7 cm³/mol. The quantitative estimate of drug-likeness (QED) is 0.901. The number of likely N-dealkylation sites (tertiary alicyclic amines) is 1. The fourth-order valence-electron chi connectivity index (χ4n) is 2.80. The molecule has 3 nitrogen and oxygen atoms in total. The van der Waals surface area contributed by atoms with E-state index in [1.165, 1.54) is 5.56 Å². The first kappa shape index (κ1) is 14.0. The number of rotatable bonds is 4. The van der Waals surface area contributed by atoms with Gasteiger partial charge in [0.25, 0.3) is 0 Å². The Morgan fingerprint density at radius 2 is 1.95 bits per heavy atom. The summed E-state index contributed by atoms with van der Waals surface area (Å²) in [5.74, 6) is 0. The molecular weight excluding hydrogens is 234 g/mol. The topological polar surface area (TPSA) is 39.1 Å². The molecule has 1 aliphatic rings. The van der Waals surface area contributed by atoms with Crippen molar-refractivity contribution in [2.24, 2.45) is 0 Å². The zero-order valence-corrected chi connectivity index (χ0v) is 11.9. The van der Waals surface area contributed by atoms with E-state index in [1.54, 1.807) is 0 Å². The summed E-state index contributed by atoms with van der Waals surface area (Å²) in [4.78, 5) is 2.46. The summed E-state index contributed by atoms with van der Waals surface area (Å²) in [6.07, 6.45) is 2.84. The summed E-state index contributed by atoms with van der Waals surface area (Å²) in [6, 6.07) is 13.0. The highest BCUT2D eigenvalue weighted by molar-refractivity contribution is 5.20. The second-order valence-corrected chi connectivity index (χ2v) is 5.64. The molecule has 0 radical (unpaired) electrons. The first-order valence-corrected chi connectivity index (χ1v) is 7.03. The molecular formula is C16H23N3. The van der Waals surface area contributed by atoms with Gasteiger partial charge >= 0.3 is 0 Å². The summed E-state index contributed by atoms with van der Waals surface area (Å²) in [5.41, 5.74) is 1.52. The van der Waals surface area contributed by atoms with Crippen molar-refractivity contribution in [1.29, 1.82) is 5.26 Å². The summed E-state index contributed by atoms with van der Waals surface area (Å²) < 4.78 is 0. The molecule has 1 fully saturated rings. The molecule has 1 heterocycles. The Morgan fingerprint density at radius 3 is 2.47 bits per heavy atom. The van der Waals surface area contributed by atoms with Crippen molar-refractivity contribution < 1.29 is 0 Å². The molecule has 0 aromatic heterocycles. The molecule has 0 spiro atoms. The molecule has 102 valence electrons. The van der Waals surface area contributed by atoms with E-state index in [2.05, 4.69) is 47.5 Å². The maximum atomic E-state index is 9.09. The molecule has 1 aliphatic heterocycles. The van der Waals surface area contributed by atoms with Crippen molar-refractivity contribution in [1.82, 2.24) is 10.2 Å². The van der Waals surface area contributed by atoms with E-state index >= 15 is 0 Å². The van der Waals surface area contributed by atoms with Crippen LogP contribution in [0.3, 0.4) is 0 Å². The third-order valence-electron chi connectivity index (χ3n) is 4.41. The lowest BCUT2D eigenvalue weighted by Gasteiger charge is -2.42. The highest BCUT2D eigenvalue weighted by Gasteiger charge is 2.31. The zero-order valence-electron chi connectivity index (χ0n) is 11.9. The fourth-order valence-corrected chi connectivity index (χ4v) is 2.80. The third-order valence-corrected chi connectivity index (χ3v) is 4.41. The van der Waals surface area contributed by atoms with Gasteiger partial charge in [-0.3, -0.25) is 4.90 Å². The highest BCUT2D eigenvalue weighted by atomic mass is 15.2. The first-order valence-electron chi connectivity index (χ1n) is 7.03. The maximum Gasteiger partial charge on any atom is 0.0641 e. The van der Waals surface area contributed by atoms with Crippen LogP contribution in [-0.2, 0) is 0 Å². The predicted octanol–water partition coefficient (Wildman–Crippen LogP) is 2.72. The Morgan fingerprint density at radius 1 is 1.32 bits per heavy atom. The van der Waals surface area contributed by atoms with Crippen LogP contribution in [0.25, 0.3) is 0 Å². The Labute approximate surface area is 116 Å². The van der Waals surface area contributed by atoms with Crippen molar-refractivity contribution in [2.45, 2.75) is 37.8 Å². The number of nitrogens with zero attached hydrogens (tertiary/aromatic N) is 2. The molecule has 1 saturated heterocycles. The molecule has 1 aromatic rings. The van der Waals surface area contributed by atoms with E-state index in [9.17, 15) is 0 Å². The lowest BCUT2D eigenvalue weighted by molar-refractivity contribution is 0.111. The largest absolute Gasteiger partial charge is 0.314 e. The monoisotopic (exact) mass is 257 g/mol. The average molecular weight is 257 g/mol. The van der Waals surface area contributed by atoms with E-state index in [0.717, 1.165) is 25.9 Å². The van der Waals surface area contributed by atoms with Crippen molar-refractivity contribution in [2.75, 3.05) is 20.1 Å². The van der Waals surface area contributed by atoms with Crippen LogP contribution in [0.15, 0.2) is 30.3 Å². The molecule has 0 saturated carbocycles. The van der Waals surface area contributed by atoms with Crippen LogP contribution in [0.4, 0.5) is 0 Å². The third kappa shape index (κ3) is 3.34. The van der Waals surface area contributed by atoms with Crippen molar-refractivity contribution in [3.63, 3.8) is 0 Å². The van der Waals surface area contributed by atoms with Gasteiger partial charge in [0.1, 0.15) is 0 Å². The minimum atomic E-state index is 0.243. The molecule has 0 bridgehead atoms. The van der Waals surface area contributed by atoms with Gasteiger partial charge in [-0.25, -0.2) is 0 Å². The Bertz CT molecular complexity index is 427. The Kier molecular flexibility index (Phi) is 4.57. The summed E-state index contributed by atoms with van der Waals surface area (Å²) in [5, 5.41) is 12.5. The molecule has 0 aliphatic carbocycles. The normalized spacial score (nSPS) is 20.7. The number of hydrogen-bond acceptors (Lipinski definition) is 3. The van der Waals surface area contributed by atoms with Gasteiger partial charge in [0, 0.05) is 24.7 Å². The van der Waals surface area contributed by atoms with E-state index in [0.29, 0.717) is 6.42 Å². The highest BCUT2D eigenvalue weighted by Crippen LogP contribution is 2.30. The number of hydrogen-bond donors (Lipinski definition) is 1. The van der Waals surface area contributed by atoms with Crippen molar-refractivity contribution in [3.05, 3.63) is 35.9 Å². The van der Waals surface area contributed by atoms with Gasteiger partial charge in [-0.1, -0.05) is 30.3 Å². The van der Waals surface area contributed by atoms with Crippen LogP contribution >= 0.6 is 0 Å². The lowest BCUT2D eigenvalue weighted by Crippen LogP contribution is -2.50. The molecule has 3 heteroatoms. The fraction of sp³-hybridized carbons (Fsp3) is 0.562. The Hall–Kier alpha value is -1.37. The van der Waals surface area contributed by atoms with Gasteiger partial charge in [-0.15, -0.1) is 0 Å². The minimum Gasteiger partial charge on any atom is -0.314 e. The van der Waals surface area contributed by atoms with Crippen LogP contribution in [0, 0.1) is 11.3 Å². The molecule has 1 unspecified atom stereocenters. The van der Waals surface area contributed by atoms with Gasteiger partial charge in [0.2, 0.25) is 0 Å². The smallest absolute Gasteiger partial charge is 0.0641 e. The van der Waals surface area contributed by atoms with Crippen LogP contribution in [0.5, 0.6) is 0 Å². The first-order chi connectivity index (χ1) is 9.18. The second kappa shape index (κ2) is 6.18. The minimum absolute atomic E-state index is 0.243. The molecule has 1 aromatic carbocycles. The summed E-state index contributed by atoms with van der Waals surface area (Å²) >= 11 is 0. The van der Waals surface area contributed by atoms with E-state index < -0.39 is 0 Å². The number of piperidine rings is 1. The number of nitrogens with one attached hydrogen (secondary N) is 1. The second-order valence-electron chi connectivity index (χ2n) is 5.64. The molecule has 1 N–H and O–H groups in total. The van der Waals surface area contributed by atoms with Crippen LogP contribution in [0.1, 0.15) is 37.8 Å². The lowest BCUT2D eigenvalue weighted by atomic mass is 9.88. The van der Waals surface area contributed by atoms with E-state index in [-0.39, 0.29) is 11.6 Å². The average Bonchev–Trinajstić information content (AvgIpc) is 2.47. The van der Waals surface area contributed by atoms with Gasteiger partial charge in [-0.2, -0.15) is 5.26 Å². The van der Waals surface area contributed by atoms with Crippen LogP contribution < -0.4 is 5.32 Å². The standard InChI is InChI=1S/C16H23N3/c1-16(18-2)9-12-19(13-10-16)15(8-11-17)14-6-4-3-5-7-14/h3-7,15,18H,8-10,12-13H2,1-2H3. The molecule has 0 amide bonds. The molecule has 2 rings (SSSR count). The Balaban J connectivity index is 2.08. The van der Waals surface area contributed by atoms with Crippen LogP contribution in [-0.4, -0.2) is 30.6 Å². The number of benzene rings is 1. The van der Waals surface area contributed by atoms with E-state index in [4.69, 9.17) is 5.26 Å². The van der Waals surface area contributed by atoms with Gasteiger partial charge in [0.05, 0.1) is 12.5 Å². The SMILES string of the molecule is CNC1(C)CCN(C(CC#N)c2ccccc2)CC1. The van der Waals surface area contributed by atoms with Crippen molar-refractivity contribution in [3.8, 4) is 6.07 Å². The van der Waals surface area contributed by atoms with Gasteiger partial charge in [0.15, 0.2) is 0 Å². The maximum absolute atomic E-state index is 9.09. The summed E-state index contributed by atoms with van der Waals surface area (Å²) in [7, 11) is 2.04.